The standard InChI is InChI=1S/C18H28FN3O3S/c1-3-21(4-2)13-11-20-18(23)15-6-5-12-22(14-15)26(24,25)17-9-7-16(19)8-10-17/h7-10,15H,3-6,11-14H2,1-2H3,(H,20,23). The summed E-state index contributed by atoms with van der Waals surface area (Å²) in [5.74, 6) is -0.931. The minimum absolute atomic E-state index is 0.0569. The molecule has 0 spiro atoms. The van der Waals surface area contributed by atoms with Crippen molar-refractivity contribution in [1.29, 1.82) is 0 Å². The second kappa shape index (κ2) is 9.43. The summed E-state index contributed by atoms with van der Waals surface area (Å²) in [6, 6.07) is 4.79. The van der Waals surface area contributed by atoms with Crippen molar-refractivity contribution in [3.05, 3.63) is 30.1 Å². The summed E-state index contributed by atoms with van der Waals surface area (Å²) in [6.45, 7) is 7.89. The summed E-state index contributed by atoms with van der Waals surface area (Å²) < 4.78 is 39.8. The molecule has 1 atom stereocenters. The van der Waals surface area contributed by atoms with Crippen LogP contribution in [0.4, 0.5) is 4.39 Å². The van der Waals surface area contributed by atoms with Crippen molar-refractivity contribution in [1.82, 2.24) is 14.5 Å². The van der Waals surface area contributed by atoms with Crippen LogP contribution in [-0.4, -0.2) is 62.8 Å². The van der Waals surface area contributed by atoms with Crippen LogP contribution in [0.1, 0.15) is 26.7 Å². The third-order valence-corrected chi connectivity index (χ3v) is 6.71. The van der Waals surface area contributed by atoms with E-state index in [-0.39, 0.29) is 23.3 Å². The summed E-state index contributed by atoms with van der Waals surface area (Å²) in [4.78, 5) is 14.7. The number of nitrogens with one attached hydrogen (secondary N) is 1. The van der Waals surface area contributed by atoms with Gasteiger partial charge in [-0.2, -0.15) is 4.31 Å². The van der Waals surface area contributed by atoms with Crippen LogP contribution in [0.3, 0.4) is 0 Å². The highest BCUT2D eigenvalue weighted by Crippen LogP contribution is 2.24. The molecule has 6 nitrogen and oxygen atoms in total. The molecule has 0 saturated carbocycles. The number of rotatable bonds is 8. The van der Waals surface area contributed by atoms with Gasteiger partial charge >= 0.3 is 0 Å². The van der Waals surface area contributed by atoms with Crippen LogP contribution in [0.5, 0.6) is 0 Å². The Morgan fingerprint density at radius 2 is 1.92 bits per heavy atom. The lowest BCUT2D eigenvalue weighted by molar-refractivity contribution is -0.126. The molecule has 1 unspecified atom stereocenters. The molecule has 1 aliphatic rings. The lowest BCUT2D eigenvalue weighted by Gasteiger charge is -2.31. The smallest absolute Gasteiger partial charge is 0.243 e. The lowest BCUT2D eigenvalue weighted by Crippen LogP contribution is -2.46. The van der Waals surface area contributed by atoms with Gasteiger partial charge in [-0.05, 0) is 50.2 Å². The molecule has 1 saturated heterocycles. The molecule has 0 bridgehead atoms. The van der Waals surface area contributed by atoms with Crippen LogP contribution in [0, 0.1) is 11.7 Å². The third kappa shape index (κ3) is 5.25. The average Bonchev–Trinajstić information content (AvgIpc) is 2.65. The molecule has 1 amide bonds. The van der Waals surface area contributed by atoms with Crippen LogP contribution in [0.25, 0.3) is 0 Å². The fourth-order valence-corrected chi connectivity index (χ4v) is 4.68. The van der Waals surface area contributed by atoms with E-state index >= 15 is 0 Å². The van der Waals surface area contributed by atoms with Gasteiger partial charge in [0.1, 0.15) is 5.82 Å². The lowest BCUT2D eigenvalue weighted by atomic mass is 9.99. The summed E-state index contributed by atoms with van der Waals surface area (Å²) in [5, 5.41) is 2.92. The van der Waals surface area contributed by atoms with Crippen LogP contribution < -0.4 is 5.32 Å². The Hall–Kier alpha value is -1.51. The Balaban J connectivity index is 1.95. The molecular formula is C18H28FN3O3S. The number of hydrogen-bond acceptors (Lipinski definition) is 4. The molecule has 146 valence electrons. The topological polar surface area (TPSA) is 69.7 Å². The molecule has 0 radical (unpaired) electrons. The van der Waals surface area contributed by atoms with E-state index < -0.39 is 15.8 Å². The number of nitrogens with zero attached hydrogens (tertiary/aromatic N) is 2. The van der Waals surface area contributed by atoms with E-state index in [9.17, 15) is 17.6 Å². The first-order valence-corrected chi connectivity index (χ1v) is 10.6. The van der Waals surface area contributed by atoms with E-state index in [1.807, 2.05) is 0 Å². The molecule has 0 aliphatic carbocycles. The third-order valence-electron chi connectivity index (χ3n) is 4.83. The highest BCUT2D eigenvalue weighted by molar-refractivity contribution is 7.89. The molecule has 1 aromatic carbocycles. The monoisotopic (exact) mass is 385 g/mol. The first-order chi connectivity index (χ1) is 12.4. The highest BCUT2D eigenvalue weighted by atomic mass is 32.2. The van der Waals surface area contributed by atoms with E-state index in [1.165, 1.54) is 16.4 Å². The largest absolute Gasteiger partial charge is 0.355 e. The number of piperidine rings is 1. The van der Waals surface area contributed by atoms with E-state index in [1.54, 1.807) is 0 Å². The molecule has 1 N–H and O–H groups in total. The van der Waals surface area contributed by atoms with Crippen molar-refractivity contribution < 1.29 is 17.6 Å². The predicted octanol–water partition coefficient (Wildman–Crippen LogP) is 1.68. The van der Waals surface area contributed by atoms with Crippen molar-refractivity contribution in [2.75, 3.05) is 39.3 Å². The minimum atomic E-state index is -3.71. The quantitative estimate of drug-likeness (QED) is 0.739. The van der Waals surface area contributed by atoms with Crippen LogP contribution >= 0.6 is 0 Å². The molecule has 1 aliphatic heterocycles. The fraction of sp³-hybridized carbons (Fsp3) is 0.611. The van der Waals surface area contributed by atoms with Gasteiger partial charge in [0.15, 0.2) is 0 Å². The van der Waals surface area contributed by atoms with Gasteiger partial charge in [-0.15, -0.1) is 0 Å². The van der Waals surface area contributed by atoms with Gasteiger partial charge < -0.3 is 10.2 Å². The van der Waals surface area contributed by atoms with Gasteiger partial charge in [-0.25, -0.2) is 12.8 Å². The normalized spacial score (nSPS) is 18.8. The van der Waals surface area contributed by atoms with E-state index in [0.29, 0.717) is 25.9 Å². The minimum Gasteiger partial charge on any atom is -0.355 e. The van der Waals surface area contributed by atoms with Gasteiger partial charge in [0.2, 0.25) is 15.9 Å². The van der Waals surface area contributed by atoms with Gasteiger partial charge in [-0.3, -0.25) is 4.79 Å². The van der Waals surface area contributed by atoms with Gasteiger partial charge in [-0.1, -0.05) is 13.8 Å². The van der Waals surface area contributed by atoms with Gasteiger partial charge in [0.25, 0.3) is 0 Å². The van der Waals surface area contributed by atoms with Crippen LogP contribution in [-0.2, 0) is 14.8 Å². The molecule has 26 heavy (non-hydrogen) atoms. The molecule has 1 heterocycles. The van der Waals surface area contributed by atoms with Crippen LogP contribution in [0.2, 0.25) is 0 Å². The molecular weight excluding hydrogens is 357 g/mol. The molecule has 2 rings (SSSR count). The van der Waals surface area contributed by atoms with Crippen molar-refractivity contribution in [2.45, 2.75) is 31.6 Å². The van der Waals surface area contributed by atoms with Crippen molar-refractivity contribution in [3.63, 3.8) is 0 Å². The molecule has 8 heteroatoms. The van der Waals surface area contributed by atoms with E-state index in [2.05, 4.69) is 24.1 Å². The number of carbonyl (C=O) groups is 1. The van der Waals surface area contributed by atoms with Crippen molar-refractivity contribution in [2.24, 2.45) is 5.92 Å². The fourth-order valence-electron chi connectivity index (χ4n) is 3.15. The number of halogens is 1. The number of benzene rings is 1. The number of hydrogen-bond donors (Lipinski definition) is 1. The Morgan fingerprint density at radius 1 is 1.27 bits per heavy atom. The zero-order valence-electron chi connectivity index (χ0n) is 15.4. The summed E-state index contributed by atoms with van der Waals surface area (Å²) >= 11 is 0. The maximum Gasteiger partial charge on any atom is 0.243 e. The Kier molecular flexibility index (Phi) is 7.55. The second-order valence-electron chi connectivity index (χ2n) is 6.47. The number of amides is 1. The molecule has 1 fully saturated rings. The average molecular weight is 386 g/mol. The molecule has 1 aromatic rings. The predicted molar refractivity (Wildman–Crippen MR) is 98.7 cm³/mol. The van der Waals surface area contributed by atoms with Gasteiger partial charge in [0.05, 0.1) is 10.8 Å². The summed E-state index contributed by atoms with van der Waals surface area (Å²) in [6.07, 6.45) is 1.31. The second-order valence-corrected chi connectivity index (χ2v) is 8.41. The first kappa shape index (κ1) is 20.8. The number of likely N-dealkylation sites (N-methyl/N-ethyl adjacent to an activating group) is 1. The zero-order valence-corrected chi connectivity index (χ0v) is 16.3. The number of carbonyl (C=O) groups excluding carboxylic acids is 1. The molecule has 0 aromatic heterocycles. The Bertz CT molecular complexity index is 690. The van der Waals surface area contributed by atoms with Crippen molar-refractivity contribution >= 4 is 15.9 Å². The van der Waals surface area contributed by atoms with Crippen LogP contribution in [0.15, 0.2) is 29.2 Å². The van der Waals surface area contributed by atoms with Crippen molar-refractivity contribution in [3.8, 4) is 0 Å². The Labute approximate surface area is 155 Å². The van der Waals surface area contributed by atoms with Gasteiger partial charge in [0, 0.05) is 26.2 Å². The van der Waals surface area contributed by atoms with E-state index in [4.69, 9.17) is 0 Å². The Morgan fingerprint density at radius 3 is 2.54 bits per heavy atom. The zero-order chi connectivity index (χ0) is 19.2. The summed E-state index contributed by atoms with van der Waals surface area (Å²) in [7, 11) is -3.71. The highest BCUT2D eigenvalue weighted by Gasteiger charge is 2.33. The SMILES string of the molecule is CCN(CC)CCNC(=O)C1CCCN(S(=O)(=O)c2ccc(F)cc2)C1. The number of sulfonamides is 1. The maximum atomic E-state index is 13.0. The maximum absolute atomic E-state index is 13.0. The van der Waals surface area contributed by atoms with E-state index in [0.717, 1.165) is 31.8 Å². The summed E-state index contributed by atoms with van der Waals surface area (Å²) in [5.41, 5.74) is 0. The first-order valence-electron chi connectivity index (χ1n) is 9.14.